The molecule has 1 saturated heterocycles. The maximum absolute atomic E-state index is 12.8. The number of halogens is 2. The molecule has 2 N–H and O–H groups in total. The van der Waals surface area contributed by atoms with Crippen molar-refractivity contribution in [2.24, 2.45) is 5.73 Å². The van der Waals surface area contributed by atoms with E-state index >= 15 is 0 Å². The van der Waals surface area contributed by atoms with E-state index in [-0.39, 0.29) is 27.5 Å². The monoisotopic (exact) mass is 337 g/mol. The summed E-state index contributed by atoms with van der Waals surface area (Å²) in [6, 6.07) is 4.39. The fourth-order valence-electron chi connectivity index (χ4n) is 2.35. The number of hydrogen-bond acceptors (Lipinski definition) is 4. The van der Waals surface area contributed by atoms with Crippen LogP contribution in [0.4, 0.5) is 0 Å². The van der Waals surface area contributed by atoms with Gasteiger partial charge in [0.2, 0.25) is 10.0 Å². The van der Waals surface area contributed by atoms with Crippen LogP contribution in [-0.2, 0) is 10.0 Å². The summed E-state index contributed by atoms with van der Waals surface area (Å²) in [6.45, 7) is 1.88. The molecule has 0 bridgehead atoms. The summed E-state index contributed by atoms with van der Waals surface area (Å²) in [6.07, 6.45) is 0. The summed E-state index contributed by atoms with van der Waals surface area (Å²) in [7, 11) is -1.81. The van der Waals surface area contributed by atoms with Gasteiger partial charge in [-0.2, -0.15) is 4.31 Å². The summed E-state index contributed by atoms with van der Waals surface area (Å²) < 4.78 is 27.0. The molecule has 2 rings (SSSR count). The number of hydrogen-bond donors (Lipinski definition) is 1. The molecule has 0 spiro atoms. The highest BCUT2D eigenvalue weighted by Crippen LogP contribution is 2.32. The van der Waals surface area contributed by atoms with Gasteiger partial charge in [-0.15, -0.1) is 0 Å². The molecule has 0 radical (unpaired) electrons. The van der Waals surface area contributed by atoms with Crippen molar-refractivity contribution in [1.82, 2.24) is 9.21 Å². The fourth-order valence-corrected chi connectivity index (χ4v) is 5.06. The highest BCUT2D eigenvalue weighted by Gasteiger charge is 2.36. The van der Waals surface area contributed by atoms with Crippen LogP contribution in [0.2, 0.25) is 10.0 Å². The van der Waals surface area contributed by atoms with Gasteiger partial charge in [-0.3, -0.25) is 0 Å². The molecule has 0 aromatic heterocycles. The average Bonchev–Trinajstić information content (AvgIpc) is 2.37. The Bertz CT molecular complexity index is 574. The van der Waals surface area contributed by atoms with Crippen LogP contribution < -0.4 is 5.73 Å². The quantitative estimate of drug-likeness (QED) is 0.901. The lowest BCUT2D eigenvalue weighted by atomic mass is 10.2. The summed E-state index contributed by atoms with van der Waals surface area (Å²) in [5, 5.41) is 0.263. The predicted octanol–water partition coefficient (Wildman–Crippen LogP) is 1.26. The lowest BCUT2D eigenvalue weighted by Gasteiger charge is -2.38. The Kier molecular flexibility index (Phi) is 4.94. The zero-order valence-corrected chi connectivity index (χ0v) is 13.4. The highest BCUT2D eigenvalue weighted by molar-refractivity contribution is 7.89. The molecule has 1 atom stereocenters. The molecule has 1 fully saturated rings. The van der Waals surface area contributed by atoms with E-state index in [0.29, 0.717) is 19.6 Å². The maximum Gasteiger partial charge on any atom is 0.246 e. The molecule has 1 unspecified atom stereocenters. The van der Waals surface area contributed by atoms with Crippen LogP contribution in [0, 0.1) is 0 Å². The van der Waals surface area contributed by atoms with Crippen LogP contribution in [-0.4, -0.2) is 56.9 Å². The van der Waals surface area contributed by atoms with E-state index in [1.165, 1.54) is 16.4 Å². The molecule has 8 heteroatoms. The molecular weight excluding hydrogens is 321 g/mol. The number of nitrogens with two attached hydrogens (primary N) is 1. The Morgan fingerprint density at radius 3 is 2.45 bits per heavy atom. The van der Waals surface area contributed by atoms with Gasteiger partial charge in [0, 0.05) is 26.2 Å². The third-order valence-electron chi connectivity index (χ3n) is 3.39. The Morgan fingerprint density at radius 2 is 1.90 bits per heavy atom. The van der Waals surface area contributed by atoms with Crippen LogP contribution in [0.1, 0.15) is 0 Å². The van der Waals surface area contributed by atoms with Crippen LogP contribution in [0.15, 0.2) is 23.1 Å². The largest absolute Gasteiger partial charge is 0.329 e. The van der Waals surface area contributed by atoms with E-state index in [9.17, 15) is 8.42 Å². The van der Waals surface area contributed by atoms with Crippen molar-refractivity contribution in [2.75, 3.05) is 33.2 Å². The Labute approximate surface area is 129 Å². The summed E-state index contributed by atoms with van der Waals surface area (Å²) in [5.74, 6) is 0. The van der Waals surface area contributed by atoms with Crippen molar-refractivity contribution in [1.29, 1.82) is 0 Å². The van der Waals surface area contributed by atoms with Crippen molar-refractivity contribution in [2.45, 2.75) is 10.9 Å². The average molecular weight is 338 g/mol. The second-order valence-corrected chi connectivity index (χ2v) is 7.46. The first kappa shape index (κ1) is 16.0. The van der Waals surface area contributed by atoms with E-state index in [0.717, 1.165) is 0 Å². The third kappa shape index (κ3) is 2.95. The van der Waals surface area contributed by atoms with Crippen LogP contribution >= 0.6 is 23.2 Å². The zero-order chi connectivity index (χ0) is 14.9. The molecular formula is C12H17Cl2N3O2S. The van der Waals surface area contributed by atoms with Gasteiger partial charge in [0.05, 0.1) is 16.1 Å². The first-order valence-electron chi connectivity index (χ1n) is 6.22. The molecule has 1 aromatic rings. The van der Waals surface area contributed by atoms with Gasteiger partial charge in [0.1, 0.15) is 4.90 Å². The van der Waals surface area contributed by atoms with Gasteiger partial charge < -0.3 is 10.6 Å². The van der Waals surface area contributed by atoms with E-state index in [1.54, 1.807) is 6.07 Å². The minimum absolute atomic E-state index is 0.0358. The van der Waals surface area contributed by atoms with E-state index in [4.69, 9.17) is 28.9 Å². The SMILES string of the molecule is CN1CCN(S(=O)(=O)c2c(Cl)cccc2Cl)C(CN)C1. The van der Waals surface area contributed by atoms with Crippen molar-refractivity contribution in [3.8, 4) is 0 Å². The van der Waals surface area contributed by atoms with Gasteiger partial charge in [-0.25, -0.2) is 8.42 Å². The maximum atomic E-state index is 12.8. The van der Waals surface area contributed by atoms with Gasteiger partial charge in [0.15, 0.2) is 0 Å². The predicted molar refractivity (Wildman–Crippen MR) is 80.7 cm³/mol. The summed E-state index contributed by atoms with van der Waals surface area (Å²) in [4.78, 5) is 2.02. The van der Waals surface area contributed by atoms with Crippen LogP contribution in [0.5, 0.6) is 0 Å². The second kappa shape index (κ2) is 6.17. The molecule has 1 aromatic carbocycles. The first-order chi connectivity index (χ1) is 9.37. The number of benzene rings is 1. The molecule has 20 heavy (non-hydrogen) atoms. The van der Waals surface area contributed by atoms with Crippen molar-refractivity contribution < 1.29 is 8.42 Å². The summed E-state index contributed by atoms with van der Waals surface area (Å²) in [5.41, 5.74) is 5.71. The van der Waals surface area contributed by atoms with E-state index in [2.05, 4.69) is 4.90 Å². The molecule has 1 heterocycles. The number of piperazine rings is 1. The summed E-state index contributed by atoms with van der Waals surface area (Å²) >= 11 is 12.0. The van der Waals surface area contributed by atoms with Gasteiger partial charge in [-0.1, -0.05) is 29.3 Å². The smallest absolute Gasteiger partial charge is 0.246 e. The minimum atomic E-state index is -3.75. The van der Waals surface area contributed by atoms with Crippen molar-refractivity contribution in [3.63, 3.8) is 0 Å². The third-order valence-corrected chi connectivity index (χ3v) is 6.30. The Hall–Kier alpha value is -0.370. The number of nitrogens with zero attached hydrogens (tertiary/aromatic N) is 2. The zero-order valence-electron chi connectivity index (χ0n) is 11.1. The van der Waals surface area contributed by atoms with Crippen molar-refractivity contribution in [3.05, 3.63) is 28.2 Å². The highest BCUT2D eigenvalue weighted by atomic mass is 35.5. The van der Waals surface area contributed by atoms with E-state index in [1.807, 2.05) is 7.05 Å². The molecule has 1 aliphatic rings. The number of sulfonamides is 1. The Balaban J connectivity index is 2.44. The molecule has 5 nitrogen and oxygen atoms in total. The molecule has 112 valence electrons. The second-order valence-electron chi connectivity index (χ2n) is 4.82. The molecule has 1 aliphatic heterocycles. The van der Waals surface area contributed by atoms with Gasteiger partial charge in [-0.05, 0) is 19.2 Å². The van der Waals surface area contributed by atoms with Gasteiger partial charge in [0.25, 0.3) is 0 Å². The molecule has 0 amide bonds. The lowest BCUT2D eigenvalue weighted by Crippen LogP contribution is -2.56. The number of rotatable bonds is 3. The minimum Gasteiger partial charge on any atom is -0.329 e. The van der Waals surface area contributed by atoms with Crippen LogP contribution in [0.3, 0.4) is 0 Å². The first-order valence-corrected chi connectivity index (χ1v) is 8.42. The van der Waals surface area contributed by atoms with E-state index < -0.39 is 10.0 Å². The normalized spacial score (nSPS) is 22.1. The molecule has 0 aliphatic carbocycles. The fraction of sp³-hybridized carbons (Fsp3) is 0.500. The topological polar surface area (TPSA) is 66.6 Å². The van der Waals surface area contributed by atoms with Crippen molar-refractivity contribution >= 4 is 33.2 Å². The lowest BCUT2D eigenvalue weighted by molar-refractivity contribution is 0.164. The molecule has 0 saturated carbocycles. The standard InChI is InChI=1S/C12H17Cl2N3O2S/c1-16-5-6-17(9(7-15)8-16)20(18,19)12-10(13)3-2-4-11(12)14/h2-4,9H,5-8,15H2,1H3. The van der Waals surface area contributed by atoms with Crippen LogP contribution in [0.25, 0.3) is 0 Å². The van der Waals surface area contributed by atoms with Gasteiger partial charge >= 0.3 is 0 Å². The number of likely N-dealkylation sites (N-methyl/N-ethyl adjacent to an activating group) is 1. The Morgan fingerprint density at radius 1 is 1.30 bits per heavy atom.